The van der Waals surface area contributed by atoms with E-state index < -0.39 is 0 Å². The fraction of sp³-hybridized carbons (Fsp3) is 1.00. The largest absolute Gasteiger partial charge is 0.381 e. The minimum atomic E-state index is 0.616. The average Bonchev–Trinajstić information content (AvgIpc) is 2.95. The molecule has 1 N–H and O–H groups in total. The Morgan fingerprint density at radius 2 is 1.89 bits per heavy atom. The highest BCUT2D eigenvalue weighted by Gasteiger charge is 2.27. The first-order valence-corrected chi connectivity index (χ1v) is 8.09. The molecule has 2 atom stereocenters. The number of nitrogens with zero attached hydrogens (tertiary/aromatic N) is 2. The molecule has 0 saturated carbocycles. The maximum atomic E-state index is 5.56. The molecule has 19 heavy (non-hydrogen) atoms. The van der Waals surface area contributed by atoms with Crippen molar-refractivity contribution >= 4 is 0 Å². The molecular weight excluding hydrogens is 238 g/mol. The summed E-state index contributed by atoms with van der Waals surface area (Å²) in [5.74, 6) is 0.716. The molecule has 0 spiro atoms. The normalized spacial score (nSPS) is 27.8. The van der Waals surface area contributed by atoms with Crippen LogP contribution in [0.5, 0.6) is 0 Å². The second-order valence-electron chi connectivity index (χ2n) is 5.93. The lowest BCUT2D eigenvalue weighted by molar-refractivity contribution is 0.109. The van der Waals surface area contributed by atoms with Crippen molar-refractivity contribution in [2.45, 2.75) is 32.7 Å². The summed E-state index contributed by atoms with van der Waals surface area (Å²) in [5.41, 5.74) is 0. The van der Waals surface area contributed by atoms with E-state index in [-0.39, 0.29) is 0 Å². The van der Waals surface area contributed by atoms with E-state index in [0.717, 1.165) is 19.8 Å². The molecule has 2 aliphatic rings. The van der Waals surface area contributed by atoms with Crippen LogP contribution in [-0.4, -0.2) is 74.9 Å². The fourth-order valence-electron chi connectivity index (χ4n) is 3.30. The molecular formula is C15H31N3O. The number of nitrogens with one attached hydrogen (secondary N) is 1. The van der Waals surface area contributed by atoms with Gasteiger partial charge in [-0.1, -0.05) is 13.8 Å². The van der Waals surface area contributed by atoms with Gasteiger partial charge in [0.2, 0.25) is 0 Å². The molecule has 0 aliphatic carbocycles. The molecule has 2 aliphatic heterocycles. The van der Waals surface area contributed by atoms with Gasteiger partial charge < -0.3 is 15.0 Å². The van der Waals surface area contributed by atoms with Crippen molar-refractivity contribution < 1.29 is 4.74 Å². The summed E-state index contributed by atoms with van der Waals surface area (Å²) in [6, 6.07) is 0.616. The van der Waals surface area contributed by atoms with Gasteiger partial charge in [-0.05, 0) is 25.9 Å². The molecule has 4 heteroatoms. The van der Waals surface area contributed by atoms with Crippen LogP contribution in [0.4, 0.5) is 0 Å². The first-order valence-electron chi connectivity index (χ1n) is 8.09. The Labute approximate surface area is 118 Å². The van der Waals surface area contributed by atoms with Crippen molar-refractivity contribution in [2.75, 3.05) is 59.0 Å². The Bertz CT molecular complexity index is 236. The first-order chi connectivity index (χ1) is 9.33. The third-order valence-electron chi connectivity index (χ3n) is 4.46. The van der Waals surface area contributed by atoms with Gasteiger partial charge >= 0.3 is 0 Å². The quantitative estimate of drug-likeness (QED) is 0.747. The zero-order valence-electron chi connectivity index (χ0n) is 12.7. The van der Waals surface area contributed by atoms with Gasteiger partial charge in [0.1, 0.15) is 0 Å². The second-order valence-corrected chi connectivity index (χ2v) is 5.93. The second kappa shape index (κ2) is 8.20. The van der Waals surface area contributed by atoms with Crippen LogP contribution in [0.3, 0.4) is 0 Å². The smallest absolute Gasteiger partial charge is 0.0510 e. The van der Waals surface area contributed by atoms with Crippen LogP contribution in [0.1, 0.15) is 26.7 Å². The lowest BCUT2D eigenvalue weighted by Gasteiger charge is -2.37. The minimum absolute atomic E-state index is 0.616. The number of piperazine rings is 1. The fourth-order valence-corrected chi connectivity index (χ4v) is 3.30. The molecule has 2 saturated heterocycles. The maximum absolute atomic E-state index is 5.56. The van der Waals surface area contributed by atoms with E-state index in [9.17, 15) is 0 Å². The molecule has 2 heterocycles. The van der Waals surface area contributed by atoms with Crippen LogP contribution in [0.2, 0.25) is 0 Å². The van der Waals surface area contributed by atoms with Crippen molar-refractivity contribution in [1.29, 1.82) is 0 Å². The number of likely N-dealkylation sites (N-methyl/N-ethyl adjacent to an activating group) is 1. The number of hydrogen-bond donors (Lipinski definition) is 1. The van der Waals surface area contributed by atoms with E-state index in [1.165, 1.54) is 52.1 Å². The lowest BCUT2D eigenvalue weighted by Crippen LogP contribution is -2.52. The van der Waals surface area contributed by atoms with E-state index in [0.29, 0.717) is 12.0 Å². The zero-order chi connectivity index (χ0) is 13.5. The summed E-state index contributed by atoms with van der Waals surface area (Å²) in [6.07, 6.45) is 2.51. The molecule has 0 radical (unpaired) electrons. The van der Waals surface area contributed by atoms with Gasteiger partial charge in [-0.2, -0.15) is 0 Å². The Hall–Kier alpha value is -0.160. The topological polar surface area (TPSA) is 27.7 Å². The van der Waals surface area contributed by atoms with Crippen molar-refractivity contribution in [1.82, 2.24) is 15.1 Å². The van der Waals surface area contributed by atoms with Crippen molar-refractivity contribution in [3.05, 3.63) is 0 Å². The molecule has 2 rings (SSSR count). The minimum Gasteiger partial charge on any atom is -0.381 e. The van der Waals surface area contributed by atoms with Gasteiger partial charge in [0.25, 0.3) is 0 Å². The van der Waals surface area contributed by atoms with Crippen LogP contribution in [-0.2, 0) is 4.74 Å². The summed E-state index contributed by atoms with van der Waals surface area (Å²) in [6.45, 7) is 14.9. The number of ether oxygens (including phenoxy) is 1. The Morgan fingerprint density at radius 1 is 1.16 bits per heavy atom. The molecule has 2 fully saturated rings. The molecule has 4 nitrogen and oxygen atoms in total. The zero-order valence-corrected chi connectivity index (χ0v) is 12.7. The number of rotatable bonds is 7. The average molecular weight is 269 g/mol. The van der Waals surface area contributed by atoms with Crippen LogP contribution in [0, 0.1) is 5.92 Å². The van der Waals surface area contributed by atoms with Crippen molar-refractivity contribution in [2.24, 2.45) is 5.92 Å². The highest BCUT2D eigenvalue weighted by atomic mass is 16.5. The van der Waals surface area contributed by atoms with Crippen molar-refractivity contribution in [3.8, 4) is 0 Å². The Kier molecular flexibility index (Phi) is 6.57. The standard InChI is InChI=1S/C15H31N3O/c1-3-6-17-7-9-18(10-8-17)12-15(16-4-2)14-5-11-19-13-14/h14-16H,3-13H2,1-2H3. The SMILES string of the molecule is CCCN1CCN(CC(NCC)C2CCOC2)CC1. The van der Waals surface area contributed by atoms with Crippen LogP contribution < -0.4 is 5.32 Å². The third kappa shape index (κ3) is 4.71. The molecule has 2 unspecified atom stereocenters. The van der Waals surface area contributed by atoms with Gasteiger partial charge in [0.05, 0.1) is 6.61 Å². The predicted octanol–water partition coefficient (Wildman–Crippen LogP) is 1.03. The summed E-state index contributed by atoms with van der Waals surface area (Å²) in [7, 11) is 0. The van der Waals surface area contributed by atoms with Gasteiger partial charge in [-0.15, -0.1) is 0 Å². The Morgan fingerprint density at radius 3 is 2.47 bits per heavy atom. The maximum Gasteiger partial charge on any atom is 0.0510 e. The summed E-state index contributed by atoms with van der Waals surface area (Å²) in [5, 5.41) is 3.67. The van der Waals surface area contributed by atoms with E-state index in [4.69, 9.17) is 4.74 Å². The van der Waals surface area contributed by atoms with E-state index in [1.807, 2.05) is 0 Å². The highest BCUT2D eigenvalue weighted by molar-refractivity contribution is 4.84. The molecule has 112 valence electrons. The van der Waals surface area contributed by atoms with Crippen LogP contribution in [0.25, 0.3) is 0 Å². The monoisotopic (exact) mass is 269 g/mol. The van der Waals surface area contributed by atoms with E-state index in [2.05, 4.69) is 29.0 Å². The predicted molar refractivity (Wildman–Crippen MR) is 79.6 cm³/mol. The van der Waals surface area contributed by atoms with Crippen molar-refractivity contribution in [3.63, 3.8) is 0 Å². The molecule has 0 aromatic rings. The first kappa shape index (κ1) is 15.2. The van der Waals surface area contributed by atoms with Gasteiger partial charge in [0.15, 0.2) is 0 Å². The molecule has 0 bridgehead atoms. The third-order valence-corrected chi connectivity index (χ3v) is 4.46. The lowest BCUT2D eigenvalue weighted by atomic mass is 9.98. The van der Waals surface area contributed by atoms with E-state index in [1.54, 1.807) is 0 Å². The van der Waals surface area contributed by atoms with Gasteiger partial charge in [-0.3, -0.25) is 4.90 Å². The van der Waals surface area contributed by atoms with E-state index >= 15 is 0 Å². The van der Waals surface area contributed by atoms with Crippen LogP contribution >= 0.6 is 0 Å². The summed E-state index contributed by atoms with van der Waals surface area (Å²) < 4.78 is 5.56. The number of hydrogen-bond acceptors (Lipinski definition) is 4. The summed E-state index contributed by atoms with van der Waals surface area (Å²) in [4.78, 5) is 5.23. The van der Waals surface area contributed by atoms with Gasteiger partial charge in [0, 0.05) is 51.3 Å². The molecule has 0 amide bonds. The van der Waals surface area contributed by atoms with Gasteiger partial charge in [-0.25, -0.2) is 0 Å². The summed E-state index contributed by atoms with van der Waals surface area (Å²) >= 11 is 0. The molecule has 0 aromatic carbocycles. The Balaban J connectivity index is 1.75. The molecule has 0 aromatic heterocycles. The van der Waals surface area contributed by atoms with Crippen LogP contribution in [0.15, 0.2) is 0 Å². The highest BCUT2D eigenvalue weighted by Crippen LogP contribution is 2.18.